The first-order valence-electron chi connectivity index (χ1n) is 27.1. The normalized spacial score (nSPS) is 16.1. The van der Waals surface area contributed by atoms with E-state index in [9.17, 15) is 0 Å². The number of anilines is 3. The largest absolute Gasteiger partial charge is 0.309 e. The summed E-state index contributed by atoms with van der Waals surface area (Å²) in [5.74, 6) is 0.338. The van der Waals surface area contributed by atoms with E-state index in [-0.39, 0.29) is 11.8 Å². The van der Waals surface area contributed by atoms with Gasteiger partial charge < -0.3 is 4.90 Å². The van der Waals surface area contributed by atoms with Crippen LogP contribution in [-0.4, -0.2) is 0 Å². The van der Waals surface area contributed by atoms with Crippen molar-refractivity contribution in [2.75, 3.05) is 4.90 Å². The number of fused-ring (bicyclic) bond motifs is 12. The van der Waals surface area contributed by atoms with E-state index in [4.69, 9.17) is 0 Å². The lowest BCUT2D eigenvalue weighted by Gasteiger charge is -2.44. The number of nitrogens with zero attached hydrogens (tertiary/aromatic N) is 1. The quantitative estimate of drug-likeness (QED) is 0.139. The van der Waals surface area contributed by atoms with Crippen molar-refractivity contribution < 1.29 is 0 Å². The first-order valence-corrected chi connectivity index (χ1v) is 27.9. The monoisotopic (exact) mass is 999 g/mol. The van der Waals surface area contributed by atoms with E-state index in [1.54, 1.807) is 0 Å². The SMILES string of the molecule is C1=CC(c2ccccc2)CC=C1C(c1ccc(-c2ccccc2)cc1)c1ccc(N(c2ccccc2)c2ccc3c(c2)C(c2ccccc2)c2ccccc2C32c3ccccc3-c3ccccc32)c2sc3ccccc3c12. The van der Waals surface area contributed by atoms with E-state index in [2.05, 4.69) is 296 Å². The Hall–Kier alpha value is -9.08. The summed E-state index contributed by atoms with van der Waals surface area (Å²) in [4.78, 5) is 2.54. The van der Waals surface area contributed by atoms with Crippen molar-refractivity contribution in [1.82, 2.24) is 0 Å². The van der Waals surface area contributed by atoms with Crippen molar-refractivity contribution in [2.24, 2.45) is 0 Å². The maximum atomic E-state index is 2.55. The van der Waals surface area contributed by atoms with Gasteiger partial charge in [-0.1, -0.05) is 255 Å². The van der Waals surface area contributed by atoms with Crippen LogP contribution in [-0.2, 0) is 5.41 Å². The minimum Gasteiger partial charge on any atom is -0.309 e. The van der Waals surface area contributed by atoms with Crippen LogP contribution in [0.1, 0.15) is 79.8 Å². The molecule has 15 rings (SSSR count). The van der Waals surface area contributed by atoms with Crippen LogP contribution >= 0.6 is 11.3 Å². The molecule has 11 aromatic carbocycles. The Morgan fingerprint density at radius 3 is 1.74 bits per heavy atom. The molecule has 12 aromatic rings. The number of para-hydroxylation sites is 1. The first kappa shape index (κ1) is 45.3. The minimum atomic E-state index is -0.501. The van der Waals surface area contributed by atoms with Gasteiger partial charge in [-0.25, -0.2) is 0 Å². The molecule has 1 nitrogen and oxygen atoms in total. The van der Waals surface area contributed by atoms with E-state index < -0.39 is 5.41 Å². The molecule has 3 aliphatic carbocycles. The number of hydrogen-bond acceptors (Lipinski definition) is 2. The van der Waals surface area contributed by atoms with Crippen LogP contribution < -0.4 is 4.90 Å². The highest BCUT2D eigenvalue weighted by atomic mass is 32.1. The maximum Gasteiger partial charge on any atom is 0.0719 e. The maximum absolute atomic E-state index is 2.55. The first-order chi connectivity index (χ1) is 38.2. The van der Waals surface area contributed by atoms with Crippen LogP contribution in [0.2, 0.25) is 0 Å². The molecule has 3 atom stereocenters. The van der Waals surface area contributed by atoms with Gasteiger partial charge in [-0.2, -0.15) is 0 Å². The van der Waals surface area contributed by atoms with Crippen LogP contribution in [0, 0.1) is 0 Å². The predicted molar refractivity (Wildman–Crippen MR) is 323 cm³/mol. The molecule has 1 spiro atoms. The van der Waals surface area contributed by atoms with Crippen LogP contribution in [0.3, 0.4) is 0 Å². The second-order valence-electron chi connectivity index (χ2n) is 20.9. The van der Waals surface area contributed by atoms with Gasteiger partial charge in [0.2, 0.25) is 0 Å². The average molecular weight is 1000 g/mol. The molecule has 2 heteroatoms. The predicted octanol–water partition coefficient (Wildman–Crippen LogP) is 19.9. The summed E-state index contributed by atoms with van der Waals surface area (Å²) >= 11 is 1.91. The summed E-state index contributed by atoms with van der Waals surface area (Å²) in [7, 11) is 0. The molecule has 3 unspecified atom stereocenters. The molecule has 0 saturated heterocycles. The molecule has 0 N–H and O–H groups in total. The van der Waals surface area contributed by atoms with Crippen molar-refractivity contribution >= 4 is 48.6 Å². The zero-order valence-electron chi connectivity index (χ0n) is 42.5. The summed E-state index contributed by atoms with van der Waals surface area (Å²) in [6.45, 7) is 0. The molecule has 0 aliphatic heterocycles. The second-order valence-corrected chi connectivity index (χ2v) is 22.0. The molecule has 0 radical (unpaired) electrons. The van der Waals surface area contributed by atoms with E-state index in [1.165, 1.54) is 109 Å². The van der Waals surface area contributed by atoms with Crippen LogP contribution in [0.4, 0.5) is 17.1 Å². The number of allylic oxidation sites excluding steroid dienone is 4. The van der Waals surface area contributed by atoms with Gasteiger partial charge in [0.15, 0.2) is 0 Å². The minimum absolute atomic E-state index is 0.00340. The number of rotatable bonds is 9. The number of hydrogen-bond donors (Lipinski definition) is 0. The highest BCUT2D eigenvalue weighted by Gasteiger charge is 2.52. The standard InChI is InChI=1S/C75H53NS/c1-5-21-50(22-6-1)52-37-41-55(42-38-52)71(56-43-39-53(40-44-56)51-23-7-2-8-24-51)63-46-48-69(74-73(63)62-32-16-20-36-70(62)77-74)76(57-27-11-4-12-28-57)58-45-47-68-64(49-58)72(54-25-9-3-10-26-54)61-31-15-19-35-67(61)75(68)65-33-17-13-29-59(65)60-30-14-18-34-66(60)75/h1-39,41-49,53,71-72H,40H2. The lowest BCUT2D eigenvalue weighted by molar-refractivity contribution is 0.697. The van der Waals surface area contributed by atoms with Gasteiger partial charge in [0, 0.05) is 44.6 Å². The number of benzene rings is 11. The van der Waals surface area contributed by atoms with Crippen molar-refractivity contribution in [3.8, 4) is 22.3 Å². The van der Waals surface area contributed by atoms with Gasteiger partial charge >= 0.3 is 0 Å². The Bertz CT molecular complexity index is 4200. The zero-order chi connectivity index (χ0) is 50.9. The van der Waals surface area contributed by atoms with Gasteiger partial charge in [0.25, 0.3) is 0 Å². The van der Waals surface area contributed by atoms with Crippen molar-refractivity contribution in [3.05, 3.63) is 352 Å². The molecule has 0 amide bonds. The highest BCUT2D eigenvalue weighted by Crippen LogP contribution is 2.62. The molecule has 0 bridgehead atoms. The van der Waals surface area contributed by atoms with Gasteiger partial charge in [-0.3, -0.25) is 0 Å². The Kier molecular flexibility index (Phi) is 11.0. The third-order valence-corrected chi connectivity index (χ3v) is 18.1. The molecule has 77 heavy (non-hydrogen) atoms. The van der Waals surface area contributed by atoms with Crippen molar-refractivity contribution in [1.29, 1.82) is 0 Å². The summed E-state index contributed by atoms with van der Waals surface area (Å²) in [5, 5.41) is 2.60. The second kappa shape index (κ2) is 18.6. The van der Waals surface area contributed by atoms with Crippen molar-refractivity contribution in [2.45, 2.75) is 29.6 Å². The van der Waals surface area contributed by atoms with E-state index in [1.807, 2.05) is 11.3 Å². The summed E-state index contributed by atoms with van der Waals surface area (Å²) < 4.78 is 2.56. The van der Waals surface area contributed by atoms with Crippen LogP contribution in [0.25, 0.3) is 42.4 Å². The highest BCUT2D eigenvalue weighted by molar-refractivity contribution is 7.26. The molecule has 1 aromatic heterocycles. The average Bonchev–Trinajstić information content (AvgIpc) is 4.25. The third-order valence-electron chi connectivity index (χ3n) is 16.9. The Labute approximate surface area is 455 Å². The van der Waals surface area contributed by atoms with Gasteiger partial charge in [0.05, 0.1) is 15.8 Å². The Morgan fingerprint density at radius 2 is 1.04 bits per heavy atom. The smallest absolute Gasteiger partial charge is 0.0719 e. The topological polar surface area (TPSA) is 3.24 Å². The van der Waals surface area contributed by atoms with E-state index in [0.717, 1.165) is 17.8 Å². The molecular weight excluding hydrogens is 947 g/mol. The van der Waals surface area contributed by atoms with Crippen molar-refractivity contribution in [3.63, 3.8) is 0 Å². The summed E-state index contributed by atoms with van der Waals surface area (Å²) in [6, 6.07) is 102. The molecule has 364 valence electrons. The Morgan fingerprint density at radius 1 is 0.455 bits per heavy atom. The number of thiophene rings is 1. The van der Waals surface area contributed by atoms with Gasteiger partial charge in [0.1, 0.15) is 0 Å². The van der Waals surface area contributed by atoms with Gasteiger partial charge in [-0.15, -0.1) is 11.3 Å². The molecular formula is C75H53NS. The third kappa shape index (κ3) is 7.27. The Balaban J connectivity index is 0.957. The van der Waals surface area contributed by atoms with E-state index in [0.29, 0.717) is 5.92 Å². The van der Waals surface area contributed by atoms with E-state index >= 15 is 0 Å². The fourth-order valence-corrected chi connectivity index (χ4v) is 14.8. The van der Waals surface area contributed by atoms with Crippen LogP contribution in [0.5, 0.6) is 0 Å². The molecule has 1 heterocycles. The summed E-state index contributed by atoms with van der Waals surface area (Å²) in [6.07, 6.45) is 8.33. The van der Waals surface area contributed by atoms with Crippen LogP contribution in [0.15, 0.2) is 297 Å². The molecule has 0 fully saturated rings. The van der Waals surface area contributed by atoms with Gasteiger partial charge in [-0.05, 0) is 126 Å². The lowest BCUT2D eigenvalue weighted by Crippen LogP contribution is -2.36. The lowest BCUT2D eigenvalue weighted by atomic mass is 9.58. The molecule has 3 aliphatic rings. The molecule has 0 saturated carbocycles. The zero-order valence-corrected chi connectivity index (χ0v) is 43.3. The summed E-state index contributed by atoms with van der Waals surface area (Å²) in [5.41, 5.74) is 22.6. The fraction of sp³-hybridized carbons (Fsp3) is 0.0667. The fourth-order valence-electron chi connectivity index (χ4n) is 13.6.